The molecule has 1 fully saturated rings. The van der Waals surface area contributed by atoms with Crippen molar-refractivity contribution in [1.29, 1.82) is 0 Å². The number of anilines is 2. The molecule has 34 heavy (non-hydrogen) atoms. The molecule has 1 aromatic heterocycles. The van der Waals surface area contributed by atoms with Crippen LogP contribution in [0.3, 0.4) is 0 Å². The third-order valence-corrected chi connectivity index (χ3v) is 7.63. The predicted octanol–water partition coefficient (Wildman–Crippen LogP) is 4.72. The number of hydrogen-bond donors (Lipinski definition) is 1. The number of benzene rings is 2. The first-order chi connectivity index (χ1) is 16.2. The Kier molecular flexibility index (Phi) is 7.51. The van der Waals surface area contributed by atoms with Gasteiger partial charge in [0.1, 0.15) is 23.7 Å². The molecule has 0 bridgehead atoms. The fraction of sp³-hybridized carbons (Fsp3) is 0.391. The fourth-order valence-corrected chi connectivity index (χ4v) is 4.91. The van der Waals surface area contributed by atoms with Gasteiger partial charge in [0, 0.05) is 24.2 Å². The second-order valence-electron chi connectivity index (χ2n) is 8.29. The first-order valence-corrected chi connectivity index (χ1v) is 13.1. The Labute approximate surface area is 203 Å². The van der Waals surface area contributed by atoms with Gasteiger partial charge in [-0.2, -0.15) is 0 Å². The largest absolute Gasteiger partial charge is 0.468 e. The summed E-state index contributed by atoms with van der Waals surface area (Å²) in [5.74, 6) is 0.631. The van der Waals surface area contributed by atoms with Crippen LogP contribution >= 0.6 is 11.6 Å². The van der Waals surface area contributed by atoms with E-state index in [9.17, 15) is 12.8 Å². The number of hydrogen-bond acceptors (Lipinski definition) is 7. The number of nitrogens with zero attached hydrogens (tertiary/aromatic N) is 3. The van der Waals surface area contributed by atoms with Crippen LogP contribution in [-0.4, -0.2) is 54.9 Å². The molecule has 0 unspecified atom stereocenters. The van der Waals surface area contributed by atoms with Gasteiger partial charge in [-0.15, -0.1) is 0 Å². The highest BCUT2D eigenvalue weighted by Gasteiger charge is 2.28. The van der Waals surface area contributed by atoms with E-state index in [1.54, 1.807) is 19.2 Å². The summed E-state index contributed by atoms with van der Waals surface area (Å²) >= 11 is 5.88. The number of sulfonamides is 1. The lowest BCUT2D eigenvalue weighted by Gasteiger charge is -2.33. The topological polar surface area (TPSA) is 93.7 Å². The first-order valence-electron chi connectivity index (χ1n) is 10.8. The summed E-state index contributed by atoms with van der Waals surface area (Å²) in [6.45, 7) is 0.0762. The van der Waals surface area contributed by atoms with Gasteiger partial charge in [-0.3, -0.25) is 0 Å². The van der Waals surface area contributed by atoms with Crippen LogP contribution in [0.2, 0.25) is 5.02 Å². The molecule has 1 saturated carbocycles. The van der Waals surface area contributed by atoms with E-state index >= 15 is 0 Å². The summed E-state index contributed by atoms with van der Waals surface area (Å²) in [4.78, 5) is 8.57. The van der Waals surface area contributed by atoms with E-state index < -0.39 is 15.8 Å². The van der Waals surface area contributed by atoms with Crippen molar-refractivity contribution in [2.24, 2.45) is 0 Å². The van der Waals surface area contributed by atoms with Crippen LogP contribution in [-0.2, 0) is 14.8 Å². The summed E-state index contributed by atoms with van der Waals surface area (Å²) in [7, 11) is -1.56. The predicted molar refractivity (Wildman–Crippen MR) is 129 cm³/mol. The van der Waals surface area contributed by atoms with E-state index in [1.165, 1.54) is 29.0 Å². The highest BCUT2D eigenvalue weighted by Crippen LogP contribution is 2.29. The second kappa shape index (κ2) is 10.4. The second-order valence-corrected chi connectivity index (χ2v) is 10.7. The molecule has 3 aromatic rings. The number of fused-ring (bicyclic) bond motifs is 1. The van der Waals surface area contributed by atoms with Gasteiger partial charge in [-0.05, 0) is 62.1 Å². The van der Waals surface area contributed by atoms with E-state index in [-0.39, 0.29) is 24.0 Å². The van der Waals surface area contributed by atoms with Crippen LogP contribution in [0.5, 0.6) is 5.75 Å². The van der Waals surface area contributed by atoms with Crippen molar-refractivity contribution in [2.75, 3.05) is 25.4 Å². The zero-order valence-electron chi connectivity index (χ0n) is 18.9. The Morgan fingerprint density at radius 2 is 1.91 bits per heavy atom. The number of aromatic nitrogens is 2. The minimum absolute atomic E-state index is 0.0122. The molecular formula is C23H26ClFN4O4S. The van der Waals surface area contributed by atoms with Gasteiger partial charge in [0.2, 0.25) is 10.0 Å². The number of halogens is 2. The number of rotatable bonds is 8. The monoisotopic (exact) mass is 508 g/mol. The summed E-state index contributed by atoms with van der Waals surface area (Å²) in [5, 5.41) is 3.88. The maximum absolute atomic E-state index is 13.5. The van der Waals surface area contributed by atoms with E-state index in [0.29, 0.717) is 22.8 Å². The average molecular weight is 509 g/mol. The molecule has 11 heteroatoms. The van der Waals surface area contributed by atoms with Crippen molar-refractivity contribution in [3.05, 3.63) is 53.6 Å². The van der Waals surface area contributed by atoms with Crippen molar-refractivity contribution >= 4 is 44.0 Å². The van der Waals surface area contributed by atoms with Crippen LogP contribution in [0.1, 0.15) is 25.7 Å². The maximum atomic E-state index is 13.5. The third kappa shape index (κ3) is 5.93. The molecular weight excluding hydrogens is 483 g/mol. The molecule has 2 aromatic carbocycles. The molecule has 4 rings (SSSR count). The normalized spacial score (nSPS) is 18.9. The number of nitrogens with one attached hydrogen (secondary N) is 1. The van der Waals surface area contributed by atoms with Gasteiger partial charge < -0.3 is 14.8 Å². The number of ether oxygens (including phenoxy) is 2. The van der Waals surface area contributed by atoms with Crippen molar-refractivity contribution in [3.8, 4) is 5.75 Å². The van der Waals surface area contributed by atoms with E-state index in [4.69, 9.17) is 21.1 Å². The SMILES string of the molecule is CN(C1CCC(OCOc2ccc3ncnc(Nc4ccc(F)c(Cl)c4)c3c2)CC1)S(C)(=O)=O. The first kappa shape index (κ1) is 24.6. The molecule has 8 nitrogen and oxygen atoms in total. The lowest BCUT2D eigenvalue weighted by Crippen LogP contribution is -2.40. The molecule has 0 radical (unpaired) electrons. The molecule has 182 valence electrons. The molecule has 0 spiro atoms. The summed E-state index contributed by atoms with van der Waals surface area (Å²) in [6, 6.07) is 9.79. The van der Waals surface area contributed by atoms with E-state index in [1.807, 2.05) is 12.1 Å². The highest BCUT2D eigenvalue weighted by molar-refractivity contribution is 7.88. The minimum Gasteiger partial charge on any atom is -0.468 e. The van der Waals surface area contributed by atoms with Crippen molar-refractivity contribution in [3.63, 3.8) is 0 Å². The van der Waals surface area contributed by atoms with E-state index in [0.717, 1.165) is 31.1 Å². The Balaban J connectivity index is 1.36. The van der Waals surface area contributed by atoms with Crippen LogP contribution < -0.4 is 10.1 Å². The molecule has 1 heterocycles. The standard InChI is InChI=1S/C23H26ClFN4O4S/c1-29(34(2,30)31)16-4-6-17(7-5-16)32-14-33-18-8-10-22-19(12-18)23(27-13-26-22)28-15-3-9-21(25)20(24)11-15/h3,8-13,16-17H,4-7,14H2,1-2H3,(H,26,27,28). The summed E-state index contributed by atoms with van der Waals surface area (Å²) < 4.78 is 50.0. The van der Waals surface area contributed by atoms with E-state index in [2.05, 4.69) is 15.3 Å². The molecule has 0 amide bonds. The Bertz CT molecular complexity index is 1270. The van der Waals surface area contributed by atoms with Gasteiger partial charge in [0.05, 0.1) is 22.9 Å². The zero-order valence-corrected chi connectivity index (χ0v) is 20.4. The summed E-state index contributed by atoms with van der Waals surface area (Å²) in [6.07, 6.45) is 5.74. The van der Waals surface area contributed by atoms with Crippen molar-refractivity contribution in [1.82, 2.24) is 14.3 Å². The lowest BCUT2D eigenvalue weighted by atomic mass is 9.93. The molecule has 0 atom stereocenters. The minimum atomic E-state index is -3.19. The maximum Gasteiger partial charge on any atom is 0.211 e. The van der Waals surface area contributed by atoms with Gasteiger partial charge in [-0.1, -0.05) is 11.6 Å². The van der Waals surface area contributed by atoms with Gasteiger partial charge >= 0.3 is 0 Å². The van der Waals surface area contributed by atoms with Gasteiger partial charge in [-0.25, -0.2) is 27.1 Å². The van der Waals surface area contributed by atoms with Crippen LogP contribution in [0.15, 0.2) is 42.7 Å². The Morgan fingerprint density at radius 1 is 1.15 bits per heavy atom. The van der Waals surface area contributed by atoms with Crippen molar-refractivity contribution in [2.45, 2.75) is 37.8 Å². The van der Waals surface area contributed by atoms with Crippen LogP contribution in [0.25, 0.3) is 10.9 Å². The molecule has 1 aliphatic rings. The van der Waals surface area contributed by atoms with Crippen molar-refractivity contribution < 1.29 is 22.3 Å². The molecule has 1 N–H and O–H groups in total. The highest BCUT2D eigenvalue weighted by atomic mass is 35.5. The van der Waals surface area contributed by atoms with Crippen LogP contribution in [0, 0.1) is 5.82 Å². The summed E-state index contributed by atoms with van der Waals surface area (Å²) in [5.41, 5.74) is 1.31. The van der Waals surface area contributed by atoms with Gasteiger partial charge in [0.25, 0.3) is 0 Å². The van der Waals surface area contributed by atoms with Crippen LogP contribution in [0.4, 0.5) is 15.9 Å². The smallest absolute Gasteiger partial charge is 0.211 e. The lowest BCUT2D eigenvalue weighted by molar-refractivity contribution is -0.0546. The quantitative estimate of drug-likeness (QED) is 0.440. The Hall–Kier alpha value is -2.53. The Morgan fingerprint density at radius 3 is 2.62 bits per heavy atom. The third-order valence-electron chi connectivity index (χ3n) is 6.00. The average Bonchev–Trinajstić information content (AvgIpc) is 2.81. The van der Waals surface area contributed by atoms with Gasteiger partial charge in [0.15, 0.2) is 6.79 Å². The zero-order chi connectivity index (χ0) is 24.3. The molecule has 0 saturated heterocycles. The fourth-order valence-electron chi connectivity index (χ4n) is 3.98. The molecule has 1 aliphatic carbocycles. The molecule has 0 aliphatic heterocycles.